The van der Waals surface area contributed by atoms with E-state index in [0.29, 0.717) is 30.3 Å². The SMILES string of the molecule is COCC(C(=O)O)c1cc2c(cc1C)OCCO2. The van der Waals surface area contributed by atoms with Crippen LogP contribution in [0.4, 0.5) is 0 Å². The summed E-state index contributed by atoms with van der Waals surface area (Å²) in [6.45, 7) is 3.00. The fourth-order valence-corrected chi connectivity index (χ4v) is 2.04. The van der Waals surface area contributed by atoms with Crippen molar-refractivity contribution < 1.29 is 24.1 Å². The molecule has 1 N–H and O–H groups in total. The van der Waals surface area contributed by atoms with Crippen LogP contribution in [0.2, 0.25) is 0 Å². The lowest BCUT2D eigenvalue weighted by molar-refractivity contribution is -0.140. The highest BCUT2D eigenvalue weighted by atomic mass is 16.6. The number of fused-ring (bicyclic) bond motifs is 1. The Kier molecular flexibility index (Phi) is 3.72. The van der Waals surface area contributed by atoms with Gasteiger partial charge in [0.2, 0.25) is 0 Å². The zero-order chi connectivity index (χ0) is 13.1. The summed E-state index contributed by atoms with van der Waals surface area (Å²) >= 11 is 0. The molecule has 5 nitrogen and oxygen atoms in total. The highest BCUT2D eigenvalue weighted by Crippen LogP contribution is 2.35. The molecule has 1 heterocycles. The fourth-order valence-electron chi connectivity index (χ4n) is 2.04. The van der Waals surface area contributed by atoms with Gasteiger partial charge < -0.3 is 19.3 Å². The Labute approximate surface area is 105 Å². The van der Waals surface area contributed by atoms with Crippen LogP contribution in [0.1, 0.15) is 17.0 Å². The quantitative estimate of drug-likeness (QED) is 0.881. The predicted molar refractivity (Wildman–Crippen MR) is 64.4 cm³/mol. The molecular formula is C13H16O5. The smallest absolute Gasteiger partial charge is 0.313 e. The number of benzene rings is 1. The molecule has 0 amide bonds. The van der Waals surface area contributed by atoms with Crippen molar-refractivity contribution in [2.75, 3.05) is 26.9 Å². The van der Waals surface area contributed by atoms with Gasteiger partial charge in [0.25, 0.3) is 0 Å². The number of methoxy groups -OCH3 is 1. The second kappa shape index (κ2) is 5.27. The highest BCUT2D eigenvalue weighted by Gasteiger charge is 2.24. The first kappa shape index (κ1) is 12.7. The van der Waals surface area contributed by atoms with Gasteiger partial charge in [0.1, 0.15) is 19.1 Å². The lowest BCUT2D eigenvalue weighted by atomic mass is 9.94. The summed E-state index contributed by atoms with van der Waals surface area (Å²) in [5.41, 5.74) is 1.57. The second-order valence-corrected chi connectivity index (χ2v) is 4.20. The zero-order valence-electron chi connectivity index (χ0n) is 10.4. The molecule has 0 fully saturated rings. The van der Waals surface area contributed by atoms with Crippen LogP contribution in [-0.4, -0.2) is 38.0 Å². The minimum absolute atomic E-state index is 0.135. The first-order valence-corrected chi connectivity index (χ1v) is 5.75. The molecule has 1 unspecified atom stereocenters. The van der Waals surface area contributed by atoms with Crippen LogP contribution >= 0.6 is 0 Å². The Morgan fingerprint density at radius 2 is 2.00 bits per heavy atom. The summed E-state index contributed by atoms with van der Waals surface area (Å²) in [6.07, 6.45) is 0. The molecule has 2 rings (SSSR count). The number of aliphatic carboxylic acids is 1. The second-order valence-electron chi connectivity index (χ2n) is 4.20. The summed E-state index contributed by atoms with van der Waals surface area (Å²) in [5, 5.41) is 9.23. The van der Waals surface area contributed by atoms with E-state index in [0.717, 1.165) is 5.56 Å². The van der Waals surface area contributed by atoms with Crippen molar-refractivity contribution in [1.82, 2.24) is 0 Å². The van der Waals surface area contributed by atoms with Gasteiger partial charge in [0.05, 0.1) is 6.61 Å². The molecule has 18 heavy (non-hydrogen) atoms. The molecule has 1 aromatic rings. The Bertz CT molecular complexity index is 455. The van der Waals surface area contributed by atoms with E-state index in [1.165, 1.54) is 7.11 Å². The predicted octanol–water partition coefficient (Wildman–Crippen LogP) is 1.58. The maximum Gasteiger partial charge on any atom is 0.313 e. The van der Waals surface area contributed by atoms with E-state index in [4.69, 9.17) is 14.2 Å². The standard InChI is InChI=1S/C13H16O5/c1-8-5-11-12(18-4-3-17-11)6-9(8)10(7-16-2)13(14)15/h5-6,10H,3-4,7H2,1-2H3,(H,14,15). The van der Waals surface area contributed by atoms with Crippen LogP contribution in [0.5, 0.6) is 11.5 Å². The summed E-state index contributed by atoms with van der Waals surface area (Å²) in [7, 11) is 1.49. The van der Waals surface area contributed by atoms with E-state index in [1.54, 1.807) is 6.07 Å². The fraction of sp³-hybridized carbons (Fsp3) is 0.462. The lowest BCUT2D eigenvalue weighted by Crippen LogP contribution is -2.20. The molecule has 0 saturated carbocycles. The van der Waals surface area contributed by atoms with E-state index in [9.17, 15) is 9.90 Å². The van der Waals surface area contributed by atoms with Crippen molar-refractivity contribution in [3.05, 3.63) is 23.3 Å². The van der Waals surface area contributed by atoms with Crippen molar-refractivity contribution in [2.24, 2.45) is 0 Å². The molecule has 0 spiro atoms. The van der Waals surface area contributed by atoms with Crippen LogP contribution in [0, 0.1) is 6.92 Å². The molecule has 0 saturated heterocycles. The van der Waals surface area contributed by atoms with Crippen LogP contribution in [0.25, 0.3) is 0 Å². The Hall–Kier alpha value is -1.75. The van der Waals surface area contributed by atoms with Crippen molar-refractivity contribution in [1.29, 1.82) is 0 Å². The van der Waals surface area contributed by atoms with Crippen molar-refractivity contribution >= 4 is 5.97 Å². The molecule has 1 atom stereocenters. The molecular weight excluding hydrogens is 236 g/mol. The number of carboxylic acids is 1. The van der Waals surface area contributed by atoms with Gasteiger partial charge in [-0.05, 0) is 30.2 Å². The summed E-state index contributed by atoms with van der Waals surface area (Å²) in [4.78, 5) is 11.3. The maximum atomic E-state index is 11.3. The average Bonchev–Trinajstić information content (AvgIpc) is 2.35. The molecule has 0 aliphatic carbocycles. The van der Waals surface area contributed by atoms with Crippen molar-refractivity contribution in [3.63, 3.8) is 0 Å². The van der Waals surface area contributed by atoms with E-state index < -0.39 is 11.9 Å². The molecule has 0 radical (unpaired) electrons. The third-order valence-electron chi connectivity index (χ3n) is 2.94. The van der Waals surface area contributed by atoms with E-state index in [2.05, 4.69) is 0 Å². The van der Waals surface area contributed by atoms with Crippen LogP contribution in [0.3, 0.4) is 0 Å². The summed E-state index contributed by atoms with van der Waals surface area (Å²) in [6, 6.07) is 3.55. The maximum absolute atomic E-state index is 11.3. The van der Waals surface area contributed by atoms with Crippen molar-refractivity contribution in [3.8, 4) is 11.5 Å². The van der Waals surface area contributed by atoms with E-state index in [1.807, 2.05) is 13.0 Å². The Morgan fingerprint density at radius 3 is 2.56 bits per heavy atom. The molecule has 1 aromatic carbocycles. The third kappa shape index (κ3) is 2.41. The van der Waals surface area contributed by atoms with Gasteiger partial charge in [0, 0.05) is 7.11 Å². The number of carboxylic acid groups (broad SMARTS) is 1. The van der Waals surface area contributed by atoms with Gasteiger partial charge in [-0.1, -0.05) is 0 Å². The molecule has 1 aliphatic rings. The topological polar surface area (TPSA) is 65.0 Å². The zero-order valence-corrected chi connectivity index (χ0v) is 10.4. The van der Waals surface area contributed by atoms with Crippen LogP contribution in [-0.2, 0) is 9.53 Å². The monoisotopic (exact) mass is 252 g/mol. The van der Waals surface area contributed by atoms with Gasteiger partial charge >= 0.3 is 5.97 Å². The van der Waals surface area contributed by atoms with Gasteiger partial charge in [-0.3, -0.25) is 4.79 Å². The van der Waals surface area contributed by atoms with Crippen LogP contribution in [0.15, 0.2) is 12.1 Å². The van der Waals surface area contributed by atoms with Gasteiger partial charge in [0.15, 0.2) is 11.5 Å². The normalized spacial score (nSPS) is 15.2. The van der Waals surface area contributed by atoms with Gasteiger partial charge in [-0.2, -0.15) is 0 Å². The van der Waals surface area contributed by atoms with Crippen LogP contribution < -0.4 is 9.47 Å². The average molecular weight is 252 g/mol. The number of carbonyl (C=O) groups is 1. The Balaban J connectivity index is 2.39. The summed E-state index contributed by atoms with van der Waals surface area (Å²) in [5.74, 6) is -0.323. The van der Waals surface area contributed by atoms with E-state index >= 15 is 0 Å². The molecule has 0 bridgehead atoms. The highest BCUT2D eigenvalue weighted by molar-refractivity contribution is 5.77. The number of rotatable bonds is 4. The number of ether oxygens (including phenoxy) is 3. The number of hydrogen-bond acceptors (Lipinski definition) is 4. The third-order valence-corrected chi connectivity index (χ3v) is 2.94. The molecule has 0 aromatic heterocycles. The molecule has 98 valence electrons. The number of aryl methyl sites for hydroxylation is 1. The van der Waals surface area contributed by atoms with E-state index in [-0.39, 0.29) is 6.61 Å². The minimum atomic E-state index is -0.906. The van der Waals surface area contributed by atoms with Gasteiger partial charge in [-0.15, -0.1) is 0 Å². The molecule has 1 aliphatic heterocycles. The molecule has 5 heteroatoms. The van der Waals surface area contributed by atoms with Crippen molar-refractivity contribution in [2.45, 2.75) is 12.8 Å². The minimum Gasteiger partial charge on any atom is -0.486 e. The Morgan fingerprint density at radius 1 is 1.39 bits per heavy atom. The largest absolute Gasteiger partial charge is 0.486 e. The lowest BCUT2D eigenvalue weighted by Gasteiger charge is -2.22. The van der Waals surface area contributed by atoms with Gasteiger partial charge in [-0.25, -0.2) is 0 Å². The summed E-state index contributed by atoms with van der Waals surface area (Å²) < 4.78 is 15.9. The number of hydrogen-bond donors (Lipinski definition) is 1. The first-order chi connectivity index (χ1) is 8.63. The first-order valence-electron chi connectivity index (χ1n) is 5.75.